The molecule has 2 aliphatic rings. The van der Waals surface area contributed by atoms with Crippen molar-refractivity contribution in [3.63, 3.8) is 0 Å². The minimum Gasteiger partial charge on any atom is -0.481 e. The van der Waals surface area contributed by atoms with E-state index in [1.807, 2.05) is 6.92 Å². The number of carboxylic acid groups (broad SMARTS) is 1. The summed E-state index contributed by atoms with van der Waals surface area (Å²) in [7, 11) is 0. The van der Waals surface area contributed by atoms with Gasteiger partial charge in [0, 0.05) is 6.54 Å². The zero-order valence-electron chi connectivity index (χ0n) is 11.0. The average molecular weight is 253 g/mol. The highest BCUT2D eigenvalue weighted by molar-refractivity contribution is 5.85. The molecule has 0 heterocycles. The summed E-state index contributed by atoms with van der Waals surface area (Å²) in [5.41, 5.74) is 0. The van der Waals surface area contributed by atoms with Crippen molar-refractivity contribution < 1.29 is 14.7 Å². The van der Waals surface area contributed by atoms with Crippen LogP contribution >= 0.6 is 0 Å². The van der Waals surface area contributed by atoms with E-state index >= 15 is 0 Å². The van der Waals surface area contributed by atoms with Gasteiger partial charge in [0.2, 0.25) is 5.91 Å². The lowest BCUT2D eigenvalue weighted by Gasteiger charge is -2.15. The van der Waals surface area contributed by atoms with Crippen LogP contribution in [0.5, 0.6) is 0 Å². The molecule has 3 atom stereocenters. The second-order valence-electron chi connectivity index (χ2n) is 6.00. The van der Waals surface area contributed by atoms with Crippen LogP contribution in [0.3, 0.4) is 0 Å². The SMILES string of the molecule is CC1CC(C(=O)O)C(C(=O)NCCCC2CC2)C1. The third kappa shape index (κ3) is 3.47. The topological polar surface area (TPSA) is 66.4 Å². The molecule has 18 heavy (non-hydrogen) atoms. The molecular formula is C14H23NO3. The van der Waals surface area contributed by atoms with Crippen molar-refractivity contribution in [1.29, 1.82) is 0 Å². The van der Waals surface area contributed by atoms with E-state index in [2.05, 4.69) is 5.32 Å². The van der Waals surface area contributed by atoms with Gasteiger partial charge in [0.25, 0.3) is 0 Å². The molecule has 0 aliphatic heterocycles. The van der Waals surface area contributed by atoms with E-state index in [4.69, 9.17) is 5.11 Å². The van der Waals surface area contributed by atoms with Crippen molar-refractivity contribution in [3.8, 4) is 0 Å². The Bertz CT molecular complexity index is 325. The van der Waals surface area contributed by atoms with Crippen LogP contribution in [-0.2, 0) is 9.59 Å². The van der Waals surface area contributed by atoms with Crippen LogP contribution in [0.1, 0.15) is 45.4 Å². The van der Waals surface area contributed by atoms with E-state index in [1.165, 1.54) is 19.3 Å². The lowest BCUT2D eigenvalue weighted by Crippen LogP contribution is -2.35. The number of nitrogens with one attached hydrogen (secondary N) is 1. The Kier molecular flexibility index (Phi) is 4.25. The lowest BCUT2D eigenvalue weighted by molar-refractivity contribution is -0.146. The van der Waals surface area contributed by atoms with E-state index in [9.17, 15) is 9.59 Å². The van der Waals surface area contributed by atoms with Gasteiger partial charge in [0.1, 0.15) is 0 Å². The molecule has 2 saturated carbocycles. The summed E-state index contributed by atoms with van der Waals surface area (Å²) in [6.07, 6.45) is 6.26. The Balaban J connectivity index is 1.73. The van der Waals surface area contributed by atoms with E-state index in [0.717, 1.165) is 12.3 Å². The quantitative estimate of drug-likeness (QED) is 0.712. The van der Waals surface area contributed by atoms with Crippen LogP contribution in [0.4, 0.5) is 0 Å². The van der Waals surface area contributed by atoms with E-state index < -0.39 is 11.9 Å². The third-order valence-corrected chi connectivity index (χ3v) is 4.24. The molecule has 0 aromatic carbocycles. The van der Waals surface area contributed by atoms with Crippen molar-refractivity contribution in [2.75, 3.05) is 6.54 Å². The first-order valence-electron chi connectivity index (χ1n) is 7.08. The molecule has 2 fully saturated rings. The molecule has 0 aromatic heterocycles. The van der Waals surface area contributed by atoms with Crippen LogP contribution in [0, 0.1) is 23.7 Å². The van der Waals surface area contributed by atoms with Gasteiger partial charge in [-0.1, -0.05) is 19.8 Å². The highest BCUT2D eigenvalue weighted by Gasteiger charge is 2.40. The molecule has 2 N–H and O–H groups in total. The summed E-state index contributed by atoms with van der Waals surface area (Å²) >= 11 is 0. The van der Waals surface area contributed by atoms with Crippen molar-refractivity contribution in [2.45, 2.75) is 45.4 Å². The summed E-state index contributed by atoms with van der Waals surface area (Å²) in [5, 5.41) is 12.0. The van der Waals surface area contributed by atoms with Gasteiger partial charge in [0.05, 0.1) is 11.8 Å². The first kappa shape index (κ1) is 13.4. The first-order valence-corrected chi connectivity index (χ1v) is 7.08. The highest BCUT2D eigenvalue weighted by Crippen LogP contribution is 2.36. The smallest absolute Gasteiger partial charge is 0.307 e. The maximum Gasteiger partial charge on any atom is 0.307 e. The van der Waals surface area contributed by atoms with Gasteiger partial charge >= 0.3 is 5.97 Å². The van der Waals surface area contributed by atoms with Gasteiger partial charge in [-0.05, 0) is 37.5 Å². The average Bonchev–Trinajstić information content (AvgIpc) is 3.05. The van der Waals surface area contributed by atoms with Crippen molar-refractivity contribution in [2.24, 2.45) is 23.7 Å². The van der Waals surface area contributed by atoms with Gasteiger partial charge in [0.15, 0.2) is 0 Å². The molecule has 0 saturated heterocycles. The van der Waals surface area contributed by atoms with Crippen LogP contribution < -0.4 is 5.32 Å². The number of hydrogen-bond acceptors (Lipinski definition) is 2. The molecule has 1 amide bonds. The molecule has 102 valence electrons. The van der Waals surface area contributed by atoms with Crippen LogP contribution in [0.25, 0.3) is 0 Å². The molecule has 4 heteroatoms. The highest BCUT2D eigenvalue weighted by atomic mass is 16.4. The second-order valence-corrected chi connectivity index (χ2v) is 6.00. The zero-order chi connectivity index (χ0) is 13.1. The maximum atomic E-state index is 12.0. The van der Waals surface area contributed by atoms with Gasteiger partial charge in [-0.25, -0.2) is 0 Å². The molecule has 0 radical (unpaired) electrons. The van der Waals surface area contributed by atoms with Crippen molar-refractivity contribution in [3.05, 3.63) is 0 Å². The molecule has 0 spiro atoms. The second kappa shape index (κ2) is 5.72. The normalized spacial score (nSPS) is 31.3. The predicted octanol–water partition coefficient (Wildman–Crippen LogP) is 2.04. The number of amides is 1. The number of carboxylic acids is 1. The van der Waals surface area contributed by atoms with Crippen molar-refractivity contribution in [1.82, 2.24) is 5.32 Å². The van der Waals surface area contributed by atoms with Crippen LogP contribution in [-0.4, -0.2) is 23.5 Å². The first-order chi connectivity index (χ1) is 8.58. The summed E-state index contributed by atoms with van der Waals surface area (Å²) in [5.74, 6) is -0.449. The third-order valence-electron chi connectivity index (χ3n) is 4.24. The van der Waals surface area contributed by atoms with E-state index in [0.29, 0.717) is 25.3 Å². The maximum absolute atomic E-state index is 12.0. The van der Waals surface area contributed by atoms with Gasteiger partial charge in [-0.2, -0.15) is 0 Å². The Morgan fingerprint density at radius 2 is 1.89 bits per heavy atom. The monoisotopic (exact) mass is 253 g/mol. The largest absolute Gasteiger partial charge is 0.481 e. The van der Waals surface area contributed by atoms with E-state index in [1.54, 1.807) is 0 Å². The number of aliphatic carboxylic acids is 1. The molecule has 3 unspecified atom stereocenters. The Morgan fingerprint density at radius 1 is 1.22 bits per heavy atom. The Hall–Kier alpha value is -1.06. The number of carbonyl (C=O) groups is 2. The minimum absolute atomic E-state index is 0.0532. The molecule has 2 aliphatic carbocycles. The van der Waals surface area contributed by atoms with Crippen LogP contribution in [0.2, 0.25) is 0 Å². The predicted molar refractivity (Wildman–Crippen MR) is 68.0 cm³/mol. The zero-order valence-corrected chi connectivity index (χ0v) is 11.0. The van der Waals surface area contributed by atoms with E-state index in [-0.39, 0.29) is 11.8 Å². The fraction of sp³-hybridized carbons (Fsp3) is 0.857. The molecule has 0 aromatic rings. The molecule has 0 bridgehead atoms. The van der Waals surface area contributed by atoms with Crippen molar-refractivity contribution >= 4 is 11.9 Å². The van der Waals surface area contributed by atoms with Crippen LogP contribution in [0.15, 0.2) is 0 Å². The number of hydrogen-bond donors (Lipinski definition) is 2. The fourth-order valence-corrected chi connectivity index (χ4v) is 2.99. The van der Waals surface area contributed by atoms with Gasteiger partial charge in [-0.15, -0.1) is 0 Å². The molecule has 4 nitrogen and oxygen atoms in total. The van der Waals surface area contributed by atoms with Gasteiger partial charge < -0.3 is 10.4 Å². The summed E-state index contributed by atoms with van der Waals surface area (Å²) in [4.78, 5) is 23.1. The summed E-state index contributed by atoms with van der Waals surface area (Å²) in [6.45, 7) is 2.73. The Labute approximate surface area is 108 Å². The summed E-state index contributed by atoms with van der Waals surface area (Å²) < 4.78 is 0. The van der Waals surface area contributed by atoms with Gasteiger partial charge in [-0.3, -0.25) is 9.59 Å². The fourth-order valence-electron chi connectivity index (χ4n) is 2.99. The molecule has 2 rings (SSSR count). The summed E-state index contributed by atoms with van der Waals surface area (Å²) in [6, 6.07) is 0. The minimum atomic E-state index is -0.822. The number of carbonyl (C=O) groups excluding carboxylic acids is 1. The standard InChI is InChI=1S/C14H23NO3/c1-9-7-11(12(8-9)14(17)18)13(16)15-6-2-3-10-4-5-10/h9-12H,2-8H2,1H3,(H,15,16)(H,17,18). The number of rotatable bonds is 6. The lowest BCUT2D eigenvalue weighted by atomic mass is 9.95. The Morgan fingerprint density at radius 3 is 2.50 bits per heavy atom. The molecular weight excluding hydrogens is 230 g/mol.